The largest absolute Gasteiger partial charge is 0.490 e. The van der Waals surface area contributed by atoms with Crippen LogP contribution in [0.15, 0.2) is 91.0 Å². The maximum absolute atomic E-state index is 14.1. The normalized spacial score (nSPS) is 20.3. The van der Waals surface area contributed by atoms with Crippen LogP contribution in [0.2, 0.25) is 0 Å². The number of hydroxylamine groups is 1. The van der Waals surface area contributed by atoms with Gasteiger partial charge in [0.25, 0.3) is 5.91 Å². The Morgan fingerprint density at radius 3 is 2.30 bits per heavy atom. The van der Waals surface area contributed by atoms with Crippen LogP contribution in [-0.4, -0.2) is 31.1 Å². The van der Waals surface area contributed by atoms with Crippen LogP contribution >= 0.6 is 0 Å². The molecular weight excluding hydrogens is 504 g/mol. The van der Waals surface area contributed by atoms with Crippen molar-refractivity contribution in [3.63, 3.8) is 0 Å². The Hall–Kier alpha value is -4.36. The summed E-state index contributed by atoms with van der Waals surface area (Å²) < 4.78 is 11.9. The number of amides is 2. The standard InChI is InChI=1S/C33H32N2O5/c1-3-5-19-39-27-18-16-24(21-28(27)38-4-2)30-29-31(40-35(30)25-13-7-6-8-14-25)33(37)34(32(29)36)26-17-15-22-11-9-10-12-23(22)20-26/h6-18,20-21,29-31H,3-5,19H2,1-2H3/t29-,30+,31-/m0/s1. The van der Waals surface area contributed by atoms with E-state index in [1.165, 1.54) is 4.90 Å². The first-order chi connectivity index (χ1) is 19.6. The predicted molar refractivity (Wildman–Crippen MR) is 154 cm³/mol. The molecule has 0 aliphatic carbocycles. The number of carbonyl (C=O) groups is 2. The van der Waals surface area contributed by atoms with Crippen molar-refractivity contribution in [1.29, 1.82) is 0 Å². The van der Waals surface area contributed by atoms with Gasteiger partial charge in [-0.2, -0.15) is 0 Å². The molecule has 2 saturated heterocycles. The third-order valence-corrected chi connectivity index (χ3v) is 7.48. The van der Waals surface area contributed by atoms with E-state index in [0.29, 0.717) is 30.4 Å². The number of benzene rings is 4. The molecule has 2 amide bonds. The highest BCUT2D eigenvalue weighted by Crippen LogP contribution is 2.49. The van der Waals surface area contributed by atoms with Gasteiger partial charge in [0.2, 0.25) is 5.91 Å². The van der Waals surface area contributed by atoms with Crippen LogP contribution < -0.4 is 19.4 Å². The van der Waals surface area contributed by atoms with Crippen LogP contribution in [0.1, 0.15) is 38.3 Å². The monoisotopic (exact) mass is 536 g/mol. The minimum Gasteiger partial charge on any atom is -0.490 e. The molecule has 40 heavy (non-hydrogen) atoms. The number of carbonyl (C=O) groups excluding carboxylic acids is 2. The van der Waals surface area contributed by atoms with Gasteiger partial charge in [-0.3, -0.25) is 14.4 Å². The summed E-state index contributed by atoms with van der Waals surface area (Å²) in [5.41, 5.74) is 2.12. The predicted octanol–water partition coefficient (Wildman–Crippen LogP) is 6.47. The molecule has 3 atom stereocenters. The molecule has 0 saturated carbocycles. The third kappa shape index (κ3) is 4.56. The van der Waals surface area contributed by atoms with Crippen molar-refractivity contribution in [2.24, 2.45) is 5.92 Å². The van der Waals surface area contributed by atoms with Crippen LogP contribution in [0.3, 0.4) is 0 Å². The van der Waals surface area contributed by atoms with Crippen molar-refractivity contribution in [3.05, 3.63) is 96.6 Å². The molecule has 0 spiro atoms. The molecule has 0 aromatic heterocycles. The lowest BCUT2D eigenvalue weighted by Crippen LogP contribution is -2.37. The topological polar surface area (TPSA) is 68.3 Å². The Bertz CT molecular complexity index is 1540. The number of para-hydroxylation sites is 1. The summed E-state index contributed by atoms with van der Waals surface area (Å²) in [5, 5.41) is 3.70. The van der Waals surface area contributed by atoms with Crippen molar-refractivity contribution in [3.8, 4) is 11.5 Å². The van der Waals surface area contributed by atoms with Crippen LogP contribution in [0.5, 0.6) is 11.5 Å². The first kappa shape index (κ1) is 25.9. The average molecular weight is 537 g/mol. The van der Waals surface area contributed by atoms with Crippen molar-refractivity contribution >= 4 is 34.0 Å². The molecule has 7 heteroatoms. The Balaban J connectivity index is 1.40. The summed E-state index contributed by atoms with van der Waals surface area (Å²) in [7, 11) is 0. The molecule has 2 fully saturated rings. The summed E-state index contributed by atoms with van der Waals surface area (Å²) in [6, 6.07) is 28.3. The third-order valence-electron chi connectivity index (χ3n) is 7.48. The number of fused-ring (bicyclic) bond motifs is 2. The molecule has 2 heterocycles. The minimum absolute atomic E-state index is 0.282. The molecule has 204 valence electrons. The molecule has 7 nitrogen and oxygen atoms in total. The van der Waals surface area contributed by atoms with E-state index < -0.39 is 18.1 Å². The molecule has 0 unspecified atom stereocenters. The molecule has 0 radical (unpaired) electrons. The SMILES string of the molecule is CCCCOc1ccc([C@@H]2[C@@H]3C(=O)N(c4ccc5ccccc5c4)C(=O)[C@H]3ON2c2ccccc2)cc1OCC. The highest BCUT2D eigenvalue weighted by molar-refractivity contribution is 6.24. The molecule has 0 N–H and O–H groups in total. The van der Waals surface area contributed by atoms with Crippen LogP contribution in [0.25, 0.3) is 10.8 Å². The van der Waals surface area contributed by atoms with E-state index in [1.807, 2.05) is 97.9 Å². The van der Waals surface area contributed by atoms with Crippen LogP contribution in [0, 0.1) is 5.92 Å². The van der Waals surface area contributed by atoms with Gasteiger partial charge < -0.3 is 9.47 Å². The lowest BCUT2D eigenvalue weighted by atomic mass is 9.90. The number of ether oxygens (including phenoxy) is 2. The summed E-state index contributed by atoms with van der Waals surface area (Å²) in [5.74, 6) is -0.114. The van der Waals surface area contributed by atoms with Gasteiger partial charge in [-0.15, -0.1) is 0 Å². The summed E-state index contributed by atoms with van der Waals surface area (Å²) in [6.45, 7) is 5.10. The van der Waals surface area contributed by atoms with E-state index in [2.05, 4.69) is 6.92 Å². The van der Waals surface area contributed by atoms with Crippen LogP contribution in [-0.2, 0) is 14.4 Å². The zero-order chi connectivity index (χ0) is 27.6. The quantitative estimate of drug-likeness (QED) is 0.180. The van der Waals surface area contributed by atoms with E-state index in [-0.39, 0.29) is 11.8 Å². The van der Waals surface area contributed by atoms with Crippen molar-refractivity contribution in [2.45, 2.75) is 38.8 Å². The van der Waals surface area contributed by atoms with Gasteiger partial charge in [0.15, 0.2) is 17.6 Å². The average Bonchev–Trinajstić information content (AvgIpc) is 3.49. The van der Waals surface area contributed by atoms with Crippen molar-refractivity contribution in [1.82, 2.24) is 0 Å². The van der Waals surface area contributed by atoms with Crippen molar-refractivity contribution in [2.75, 3.05) is 23.2 Å². The first-order valence-electron chi connectivity index (χ1n) is 13.9. The number of nitrogens with zero attached hydrogens (tertiary/aromatic N) is 2. The van der Waals surface area contributed by atoms with Gasteiger partial charge in [0.05, 0.1) is 30.6 Å². The smallest absolute Gasteiger partial charge is 0.266 e. The number of hydrogen-bond donors (Lipinski definition) is 0. The maximum Gasteiger partial charge on any atom is 0.266 e. The number of hydrogen-bond acceptors (Lipinski definition) is 6. The zero-order valence-electron chi connectivity index (χ0n) is 22.7. The van der Waals surface area contributed by atoms with Gasteiger partial charge in [-0.25, -0.2) is 9.96 Å². The fraction of sp³-hybridized carbons (Fsp3) is 0.273. The highest BCUT2D eigenvalue weighted by Gasteiger charge is 2.60. The second-order valence-corrected chi connectivity index (χ2v) is 10.0. The van der Waals surface area contributed by atoms with Crippen molar-refractivity contribution < 1.29 is 23.9 Å². The molecule has 6 rings (SSSR count). The summed E-state index contributed by atoms with van der Waals surface area (Å²) in [4.78, 5) is 35.5. The molecule has 2 aliphatic heterocycles. The van der Waals surface area contributed by atoms with E-state index in [4.69, 9.17) is 14.3 Å². The Labute approximate surface area is 233 Å². The molecule has 4 aromatic carbocycles. The second kappa shape index (κ2) is 11.0. The second-order valence-electron chi connectivity index (χ2n) is 10.0. The molecule has 4 aromatic rings. The first-order valence-corrected chi connectivity index (χ1v) is 13.9. The zero-order valence-corrected chi connectivity index (χ0v) is 22.7. The number of unbranched alkanes of at least 4 members (excludes halogenated alkanes) is 1. The molecular formula is C33H32N2O5. The minimum atomic E-state index is -0.944. The number of anilines is 2. The Kier molecular flexibility index (Phi) is 7.13. The summed E-state index contributed by atoms with van der Waals surface area (Å²) >= 11 is 0. The molecule has 0 bridgehead atoms. The molecule has 2 aliphatic rings. The van der Waals surface area contributed by atoms with E-state index >= 15 is 0 Å². The Morgan fingerprint density at radius 1 is 0.750 bits per heavy atom. The number of rotatable bonds is 9. The van der Waals surface area contributed by atoms with E-state index in [0.717, 1.165) is 34.9 Å². The van der Waals surface area contributed by atoms with Gasteiger partial charge in [0, 0.05) is 0 Å². The van der Waals surface area contributed by atoms with E-state index in [9.17, 15) is 9.59 Å². The van der Waals surface area contributed by atoms with Crippen LogP contribution in [0.4, 0.5) is 11.4 Å². The lowest BCUT2D eigenvalue weighted by molar-refractivity contribution is -0.126. The van der Waals surface area contributed by atoms with E-state index in [1.54, 1.807) is 5.06 Å². The van der Waals surface area contributed by atoms with Gasteiger partial charge in [-0.1, -0.05) is 67.9 Å². The Morgan fingerprint density at radius 2 is 1.52 bits per heavy atom. The highest BCUT2D eigenvalue weighted by atomic mass is 16.7. The van der Waals surface area contributed by atoms with Gasteiger partial charge >= 0.3 is 0 Å². The summed E-state index contributed by atoms with van der Waals surface area (Å²) in [6.07, 6.45) is 1.02. The lowest BCUT2D eigenvalue weighted by Gasteiger charge is -2.29. The van der Waals surface area contributed by atoms with Gasteiger partial charge in [-0.05, 0) is 66.1 Å². The van der Waals surface area contributed by atoms with Gasteiger partial charge in [0.1, 0.15) is 5.92 Å². The maximum atomic E-state index is 14.1. The number of imide groups is 1. The fourth-order valence-electron chi connectivity index (χ4n) is 5.55. The fourth-order valence-corrected chi connectivity index (χ4v) is 5.55.